The first kappa shape index (κ1) is 22.5. The SMILES string of the molecule is Cc1cc(C)c(CCNC(=O)CN2CCN(Cc3c(C)nn(C)c3C)CC2)c(C)c1. The molecular weight excluding hydrogens is 374 g/mol. The number of benzene rings is 1. The fourth-order valence-electron chi connectivity index (χ4n) is 4.57. The number of nitrogens with one attached hydrogen (secondary N) is 1. The number of aromatic nitrogens is 2. The molecule has 2 aromatic rings. The van der Waals surface area contributed by atoms with Crippen LogP contribution in [0.2, 0.25) is 0 Å². The monoisotopic (exact) mass is 411 g/mol. The van der Waals surface area contributed by atoms with Gasteiger partial charge in [-0.15, -0.1) is 0 Å². The smallest absolute Gasteiger partial charge is 0.234 e. The first-order chi connectivity index (χ1) is 14.2. The molecule has 0 atom stereocenters. The van der Waals surface area contributed by atoms with Gasteiger partial charge < -0.3 is 5.32 Å². The molecule has 1 aromatic carbocycles. The van der Waals surface area contributed by atoms with Crippen LogP contribution in [0.15, 0.2) is 12.1 Å². The Kier molecular flexibility index (Phi) is 7.32. The molecule has 1 aromatic heterocycles. The number of rotatable bonds is 7. The Morgan fingerprint density at radius 1 is 0.967 bits per heavy atom. The summed E-state index contributed by atoms with van der Waals surface area (Å²) in [5.41, 5.74) is 8.99. The van der Waals surface area contributed by atoms with Crippen molar-refractivity contribution < 1.29 is 4.79 Å². The number of nitrogens with zero attached hydrogens (tertiary/aromatic N) is 4. The van der Waals surface area contributed by atoms with Crippen molar-refractivity contribution >= 4 is 5.91 Å². The summed E-state index contributed by atoms with van der Waals surface area (Å²) in [6.45, 7) is 16.6. The van der Waals surface area contributed by atoms with E-state index in [9.17, 15) is 4.79 Å². The molecule has 0 radical (unpaired) electrons. The molecule has 0 unspecified atom stereocenters. The zero-order valence-electron chi connectivity index (χ0n) is 19.5. The Hall–Kier alpha value is -2.18. The van der Waals surface area contributed by atoms with Crippen molar-refractivity contribution in [2.45, 2.75) is 47.6 Å². The van der Waals surface area contributed by atoms with Gasteiger partial charge in [-0.3, -0.25) is 19.3 Å². The highest BCUT2D eigenvalue weighted by molar-refractivity contribution is 5.78. The molecule has 1 aliphatic rings. The van der Waals surface area contributed by atoms with Crippen LogP contribution in [-0.2, 0) is 24.8 Å². The summed E-state index contributed by atoms with van der Waals surface area (Å²) >= 11 is 0. The van der Waals surface area contributed by atoms with Gasteiger partial charge in [0.25, 0.3) is 0 Å². The van der Waals surface area contributed by atoms with E-state index in [1.165, 1.54) is 33.5 Å². The van der Waals surface area contributed by atoms with Gasteiger partial charge in [-0.1, -0.05) is 17.7 Å². The fourth-order valence-corrected chi connectivity index (χ4v) is 4.57. The Bertz CT molecular complexity index is 870. The molecule has 0 saturated carbocycles. The topological polar surface area (TPSA) is 53.4 Å². The summed E-state index contributed by atoms with van der Waals surface area (Å²) in [4.78, 5) is 17.1. The van der Waals surface area contributed by atoms with Gasteiger partial charge in [0.05, 0.1) is 12.2 Å². The van der Waals surface area contributed by atoms with Crippen LogP contribution in [0, 0.1) is 34.6 Å². The summed E-state index contributed by atoms with van der Waals surface area (Å²) in [5, 5.41) is 7.63. The maximum absolute atomic E-state index is 12.4. The molecular formula is C24H37N5O. The molecule has 1 saturated heterocycles. The molecule has 2 heterocycles. The quantitative estimate of drug-likeness (QED) is 0.760. The standard InChI is InChI=1S/C24H37N5O/c1-17-13-18(2)22(19(3)14-17)7-8-25-24(30)16-29-11-9-28(10-12-29)15-23-20(4)26-27(6)21(23)5/h13-14H,7-12,15-16H2,1-6H3,(H,25,30). The summed E-state index contributed by atoms with van der Waals surface area (Å²) in [6, 6.07) is 4.44. The Balaban J connectivity index is 1.40. The van der Waals surface area contributed by atoms with Gasteiger partial charge in [-0.25, -0.2) is 0 Å². The van der Waals surface area contributed by atoms with Crippen LogP contribution in [0.5, 0.6) is 0 Å². The molecule has 0 aliphatic carbocycles. The highest BCUT2D eigenvalue weighted by Crippen LogP contribution is 2.17. The lowest BCUT2D eigenvalue weighted by Crippen LogP contribution is -2.49. The molecule has 164 valence electrons. The minimum absolute atomic E-state index is 0.129. The Labute approximate surface area is 181 Å². The molecule has 6 nitrogen and oxygen atoms in total. The van der Waals surface area contributed by atoms with Crippen LogP contribution < -0.4 is 5.32 Å². The van der Waals surface area contributed by atoms with Crippen LogP contribution in [0.1, 0.15) is 39.2 Å². The summed E-state index contributed by atoms with van der Waals surface area (Å²) < 4.78 is 1.96. The van der Waals surface area contributed by atoms with E-state index in [0.29, 0.717) is 13.1 Å². The maximum Gasteiger partial charge on any atom is 0.234 e. The predicted molar refractivity (Wildman–Crippen MR) is 122 cm³/mol. The van der Waals surface area contributed by atoms with Crippen LogP contribution in [0.25, 0.3) is 0 Å². The second-order valence-corrected chi connectivity index (χ2v) is 8.80. The van der Waals surface area contributed by atoms with Crippen molar-refractivity contribution in [3.8, 4) is 0 Å². The van der Waals surface area contributed by atoms with E-state index in [1.807, 2.05) is 11.7 Å². The third kappa shape index (κ3) is 5.49. The Morgan fingerprint density at radius 3 is 2.13 bits per heavy atom. The van der Waals surface area contributed by atoms with Crippen molar-refractivity contribution in [2.24, 2.45) is 7.05 Å². The van der Waals surface area contributed by atoms with Crippen molar-refractivity contribution in [2.75, 3.05) is 39.3 Å². The largest absolute Gasteiger partial charge is 0.355 e. The van der Waals surface area contributed by atoms with Crippen LogP contribution in [0.3, 0.4) is 0 Å². The minimum atomic E-state index is 0.129. The number of hydrogen-bond donors (Lipinski definition) is 1. The highest BCUT2D eigenvalue weighted by Gasteiger charge is 2.21. The molecule has 1 amide bonds. The summed E-state index contributed by atoms with van der Waals surface area (Å²) in [6.07, 6.45) is 0.890. The lowest BCUT2D eigenvalue weighted by Gasteiger charge is -2.34. The van der Waals surface area contributed by atoms with Crippen molar-refractivity contribution in [3.63, 3.8) is 0 Å². The van der Waals surface area contributed by atoms with E-state index in [1.54, 1.807) is 0 Å². The van der Waals surface area contributed by atoms with Crippen LogP contribution in [0.4, 0.5) is 0 Å². The number of carbonyl (C=O) groups excluding carboxylic acids is 1. The fraction of sp³-hybridized carbons (Fsp3) is 0.583. The molecule has 30 heavy (non-hydrogen) atoms. The second kappa shape index (κ2) is 9.75. The number of hydrogen-bond acceptors (Lipinski definition) is 4. The third-order valence-electron chi connectivity index (χ3n) is 6.41. The normalized spacial score (nSPS) is 15.5. The second-order valence-electron chi connectivity index (χ2n) is 8.80. The molecule has 3 rings (SSSR count). The van der Waals surface area contributed by atoms with E-state index in [2.05, 4.69) is 67.0 Å². The van der Waals surface area contributed by atoms with Gasteiger partial charge in [0.1, 0.15) is 0 Å². The molecule has 1 fully saturated rings. The van der Waals surface area contributed by atoms with Gasteiger partial charge in [0.15, 0.2) is 0 Å². The third-order valence-corrected chi connectivity index (χ3v) is 6.41. The number of carbonyl (C=O) groups is 1. The zero-order valence-corrected chi connectivity index (χ0v) is 19.5. The van der Waals surface area contributed by atoms with Crippen LogP contribution in [-0.4, -0.2) is 64.8 Å². The van der Waals surface area contributed by atoms with Crippen molar-refractivity contribution in [1.29, 1.82) is 0 Å². The number of amides is 1. The molecule has 1 aliphatic heterocycles. The van der Waals surface area contributed by atoms with Gasteiger partial charge in [0.2, 0.25) is 5.91 Å². The highest BCUT2D eigenvalue weighted by atomic mass is 16.2. The first-order valence-corrected chi connectivity index (χ1v) is 11.0. The predicted octanol–water partition coefficient (Wildman–Crippen LogP) is 2.44. The van der Waals surface area contributed by atoms with Gasteiger partial charge in [-0.05, 0) is 57.7 Å². The molecule has 0 spiro atoms. The molecule has 0 bridgehead atoms. The van der Waals surface area contributed by atoms with E-state index >= 15 is 0 Å². The lowest BCUT2D eigenvalue weighted by atomic mass is 9.97. The lowest BCUT2D eigenvalue weighted by molar-refractivity contribution is -0.122. The zero-order chi connectivity index (χ0) is 21.8. The number of piperazine rings is 1. The van der Waals surface area contributed by atoms with E-state index in [-0.39, 0.29) is 5.91 Å². The van der Waals surface area contributed by atoms with Crippen molar-refractivity contribution in [1.82, 2.24) is 24.9 Å². The van der Waals surface area contributed by atoms with Gasteiger partial charge >= 0.3 is 0 Å². The van der Waals surface area contributed by atoms with E-state index < -0.39 is 0 Å². The first-order valence-electron chi connectivity index (χ1n) is 11.0. The van der Waals surface area contributed by atoms with E-state index in [4.69, 9.17) is 0 Å². The molecule has 1 N–H and O–H groups in total. The maximum atomic E-state index is 12.4. The molecule has 6 heteroatoms. The summed E-state index contributed by atoms with van der Waals surface area (Å²) in [7, 11) is 2.00. The van der Waals surface area contributed by atoms with Crippen LogP contribution >= 0.6 is 0 Å². The average Bonchev–Trinajstić information content (AvgIpc) is 2.91. The van der Waals surface area contributed by atoms with E-state index in [0.717, 1.165) is 44.8 Å². The number of aryl methyl sites for hydroxylation is 5. The van der Waals surface area contributed by atoms with Crippen molar-refractivity contribution in [3.05, 3.63) is 51.3 Å². The van der Waals surface area contributed by atoms with Gasteiger partial charge in [0, 0.05) is 57.6 Å². The average molecular weight is 412 g/mol. The Morgan fingerprint density at radius 2 is 1.57 bits per heavy atom. The minimum Gasteiger partial charge on any atom is -0.355 e. The van der Waals surface area contributed by atoms with Gasteiger partial charge in [-0.2, -0.15) is 5.10 Å². The summed E-state index contributed by atoms with van der Waals surface area (Å²) in [5.74, 6) is 0.129.